The quantitative estimate of drug-likeness (QED) is 0.726. The van der Waals surface area contributed by atoms with Crippen LogP contribution in [0.4, 0.5) is 10.5 Å². The fourth-order valence-electron chi connectivity index (χ4n) is 3.57. The molecule has 0 aliphatic carbocycles. The molecule has 0 unspecified atom stereocenters. The molecular weight excluding hydrogens is 368 g/mol. The summed E-state index contributed by atoms with van der Waals surface area (Å²) in [6, 6.07) is 14.1. The molecule has 1 aliphatic rings. The van der Waals surface area contributed by atoms with Crippen molar-refractivity contribution in [3.05, 3.63) is 65.7 Å². The molecule has 2 aromatic carbocycles. The summed E-state index contributed by atoms with van der Waals surface area (Å²) in [5.41, 5.74) is 7.66. The van der Waals surface area contributed by atoms with Gasteiger partial charge in [-0.1, -0.05) is 68.8 Å². The van der Waals surface area contributed by atoms with Gasteiger partial charge in [-0.05, 0) is 23.1 Å². The number of fused-ring (bicyclic) bond motifs is 1. The Morgan fingerprint density at radius 2 is 1.83 bits per heavy atom. The molecule has 152 valence electrons. The van der Waals surface area contributed by atoms with Gasteiger partial charge >= 0.3 is 6.03 Å². The van der Waals surface area contributed by atoms with Crippen LogP contribution >= 0.6 is 0 Å². The summed E-state index contributed by atoms with van der Waals surface area (Å²) < 4.78 is 0. The highest BCUT2D eigenvalue weighted by Crippen LogP contribution is 2.27. The fraction of sp³-hybridized carbons (Fsp3) is 0.318. The maximum absolute atomic E-state index is 13.3. The van der Waals surface area contributed by atoms with Gasteiger partial charge in [-0.3, -0.25) is 9.59 Å². The first-order valence-electron chi connectivity index (χ1n) is 9.72. The molecule has 0 spiro atoms. The number of anilines is 1. The van der Waals surface area contributed by atoms with Crippen LogP contribution in [0, 0.1) is 5.92 Å². The van der Waals surface area contributed by atoms with Crippen molar-refractivity contribution in [2.45, 2.75) is 38.9 Å². The number of amides is 4. The van der Waals surface area contributed by atoms with E-state index in [1.54, 1.807) is 24.3 Å². The molecule has 0 bridgehead atoms. The highest BCUT2D eigenvalue weighted by atomic mass is 16.2. The number of primary amides is 1. The van der Waals surface area contributed by atoms with Crippen LogP contribution < -0.4 is 16.4 Å². The Kier molecular flexibility index (Phi) is 6.16. The van der Waals surface area contributed by atoms with Crippen molar-refractivity contribution in [3.63, 3.8) is 0 Å². The van der Waals surface area contributed by atoms with Gasteiger partial charge in [0.15, 0.2) is 0 Å². The predicted molar refractivity (Wildman–Crippen MR) is 111 cm³/mol. The van der Waals surface area contributed by atoms with E-state index in [1.165, 1.54) is 4.90 Å². The van der Waals surface area contributed by atoms with Crippen molar-refractivity contribution in [1.82, 2.24) is 10.2 Å². The van der Waals surface area contributed by atoms with E-state index in [4.69, 9.17) is 5.73 Å². The van der Waals surface area contributed by atoms with Crippen molar-refractivity contribution < 1.29 is 14.4 Å². The topological polar surface area (TPSA) is 105 Å². The Balaban J connectivity index is 1.94. The number of para-hydroxylation sites is 1. The maximum Gasteiger partial charge on any atom is 0.319 e. The zero-order valence-corrected chi connectivity index (χ0v) is 16.6. The molecule has 1 heterocycles. The van der Waals surface area contributed by atoms with Gasteiger partial charge in [-0.2, -0.15) is 0 Å². The molecule has 29 heavy (non-hydrogen) atoms. The molecule has 4 N–H and O–H groups in total. The molecule has 7 nitrogen and oxygen atoms in total. The van der Waals surface area contributed by atoms with Crippen molar-refractivity contribution in [3.8, 4) is 0 Å². The third kappa shape index (κ3) is 4.39. The number of rotatable bonds is 5. The highest BCUT2D eigenvalue weighted by molar-refractivity contribution is 5.99. The lowest BCUT2D eigenvalue weighted by atomic mass is 9.97. The Morgan fingerprint density at radius 3 is 2.48 bits per heavy atom. The number of hydrogen-bond donors (Lipinski definition) is 3. The first kappa shape index (κ1) is 20.4. The Hall–Kier alpha value is -3.35. The van der Waals surface area contributed by atoms with E-state index in [-0.39, 0.29) is 18.4 Å². The molecule has 4 amide bonds. The summed E-state index contributed by atoms with van der Waals surface area (Å²) in [6.45, 7) is 4.15. The molecule has 2 aromatic rings. The summed E-state index contributed by atoms with van der Waals surface area (Å²) in [4.78, 5) is 39.7. The van der Waals surface area contributed by atoms with Gasteiger partial charge in [0.05, 0.1) is 6.54 Å². The molecule has 0 radical (unpaired) electrons. The maximum atomic E-state index is 13.3. The van der Waals surface area contributed by atoms with E-state index < -0.39 is 24.0 Å². The van der Waals surface area contributed by atoms with Crippen molar-refractivity contribution >= 4 is 23.5 Å². The second-order valence-corrected chi connectivity index (χ2v) is 7.30. The van der Waals surface area contributed by atoms with Gasteiger partial charge in [-0.25, -0.2) is 4.79 Å². The van der Waals surface area contributed by atoms with Crippen LogP contribution in [0.5, 0.6) is 0 Å². The van der Waals surface area contributed by atoms with Gasteiger partial charge < -0.3 is 21.3 Å². The minimum absolute atomic E-state index is 0.0705. The molecule has 1 aliphatic heterocycles. The SMILES string of the molecule is CC[C@H](C)[C@H]1C(=O)Nc2ccccc2CN1C(=O)N[C@@H](C(N)=O)c1ccccc1. The van der Waals surface area contributed by atoms with E-state index in [0.717, 1.165) is 12.0 Å². The van der Waals surface area contributed by atoms with Crippen LogP contribution in [0.1, 0.15) is 37.4 Å². The smallest absolute Gasteiger partial charge is 0.319 e. The minimum Gasteiger partial charge on any atom is -0.368 e. The molecule has 0 aromatic heterocycles. The summed E-state index contributed by atoms with van der Waals surface area (Å²) in [6.07, 6.45) is 0.718. The first-order valence-corrected chi connectivity index (χ1v) is 9.72. The lowest BCUT2D eigenvalue weighted by Crippen LogP contribution is -2.53. The standard InChI is InChI=1S/C22H26N4O3/c1-3-14(2)19-21(28)24-17-12-8-7-11-16(17)13-26(19)22(29)25-18(20(23)27)15-9-5-4-6-10-15/h4-12,14,18-19H,3,13H2,1-2H3,(H2,23,27)(H,24,28)(H,25,29)/t14-,18+,19-/m0/s1. The van der Waals surface area contributed by atoms with E-state index in [1.807, 2.05) is 44.2 Å². The van der Waals surface area contributed by atoms with Gasteiger partial charge in [0.25, 0.3) is 0 Å². The Labute approximate surface area is 170 Å². The molecule has 7 heteroatoms. The number of nitrogens with two attached hydrogens (primary N) is 1. The first-order chi connectivity index (χ1) is 13.9. The van der Waals surface area contributed by atoms with E-state index in [2.05, 4.69) is 10.6 Å². The van der Waals surface area contributed by atoms with Crippen LogP contribution in [0.25, 0.3) is 0 Å². The largest absolute Gasteiger partial charge is 0.368 e. The molecule has 0 fully saturated rings. The minimum atomic E-state index is -0.983. The second kappa shape index (κ2) is 8.77. The van der Waals surface area contributed by atoms with Crippen molar-refractivity contribution in [1.29, 1.82) is 0 Å². The predicted octanol–water partition coefficient (Wildman–Crippen LogP) is 2.79. The lowest BCUT2D eigenvalue weighted by Gasteiger charge is -2.33. The summed E-state index contributed by atoms with van der Waals surface area (Å²) in [5.74, 6) is -0.974. The molecule has 3 atom stereocenters. The number of hydrogen-bond acceptors (Lipinski definition) is 3. The van der Waals surface area contributed by atoms with Crippen molar-refractivity contribution in [2.75, 3.05) is 5.32 Å². The number of nitrogens with one attached hydrogen (secondary N) is 2. The van der Waals surface area contributed by atoms with Gasteiger partial charge in [0.1, 0.15) is 12.1 Å². The monoisotopic (exact) mass is 394 g/mol. The number of carbonyl (C=O) groups is 3. The van der Waals surface area contributed by atoms with Crippen LogP contribution in [-0.2, 0) is 16.1 Å². The lowest BCUT2D eigenvalue weighted by molar-refractivity contribution is -0.121. The molecule has 3 rings (SSSR count). The van der Waals surface area contributed by atoms with Crippen LogP contribution in [-0.4, -0.2) is 28.8 Å². The van der Waals surface area contributed by atoms with Gasteiger partial charge in [0.2, 0.25) is 11.8 Å². The van der Waals surface area contributed by atoms with Gasteiger partial charge in [-0.15, -0.1) is 0 Å². The molecule has 0 saturated heterocycles. The average Bonchev–Trinajstić information content (AvgIpc) is 2.87. The molecular formula is C22H26N4O3. The Morgan fingerprint density at radius 1 is 1.17 bits per heavy atom. The second-order valence-electron chi connectivity index (χ2n) is 7.30. The third-order valence-electron chi connectivity index (χ3n) is 5.35. The summed E-state index contributed by atoms with van der Waals surface area (Å²) in [7, 11) is 0. The van der Waals surface area contributed by atoms with Crippen LogP contribution in [0.2, 0.25) is 0 Å². The summed E-state index contributed by atoms with van der Waals surface area (Å²) >= 11 is 0. The average molecular weight is 394 g/mol. The van der Waals surface area contributed by atoms with E-state index in [9.17, 15) is 14.4 Å². The molecule has 0 saturated carbocycles. The van der Waals surface area contributed by atoms with E-state index in [0.29, 0.717) is 11.3 Å². The zero-order chi connectivity index (χ0) is 21.0. The van der Waals surface area contributed by atoms with E-state index >= 15 is 0 Å². The van der Waals surface area contributed by atoms with Gasteiger partial charge in [0, 0.05) is 5.69 Å². The van der Waals surface area contributed by atoms with Crippen molar-refractivity contribution in [2.24, 2.45) is 11.7 Å². The number of benzene rings is 2. The summed E-state index contributed by atoms with van der Waals surface area (Å²) in [5, 5.41) is 5.65. The fourth-order valence-corrected chi connectivity index (χ4v) is 3.57. The number of nitrogens with zero attached hydrogens (tertiary/aromatic N) is 1. The zero-order valence-electron chi connectivity index (χ0n) is 16.6. The number of urea groups is 1. The number of carbonyl (C=O) groups excluding carboxylic acids is 3. The van der Waals surface area contributed by atoms with Crippen LogP contribution in [0.3, 0.4) is 0 Å². The van der Waals surface area contributed by atoms with Crippen LogP contribution in [0.15, 0.2) is 54.6 Å². The normalized spacial score (nSPS) is 18.1. The third-order valence-corrected chi connectivity index (χ3v) is 5.35. The highest BCUT2D eigenvalue weighted by Gasteiger charge is 2.37. The Bertz CT molecular complexity index is 900.